The molecule has 2 rings (SSSR count). The molecule has 114 valence electrons. The lowest BCUT2D eigenvalue weighted by Crippen LogP contribution is -2.04. The third-order valence-electron chi connectivity index (χ3n) is 2.80. The van der Waals surface area contributed by atoms with Crippen LogP contribution >= 0.6 is 23.2 Å². The van der Waals surface area contributed by atoms with E-state index in [1.165, 1.54) is 6.20 Å². The number of aromatic nitrogens is 1. The fourth-order valence-electron chi connectivity index (χ4n) is 1.96. The Balaban J connectivity index is 2.49. The van der Waals surface area contributed by atoms with Crippen molar-refractivity contribution in [2.75, 3.05) is 0 Å². The van der Waals surface area contributed by atoms with Crippen LogP contribution < -0.4 is 4.74 Å². The van der Waals surface area contributed by atoms with Crippen LogP contribution in [0.2, 0.25) is 10.0 Å². The van der Waals surface area contributed by atoms with Crippen molar-refractivity contribution in [3.63, 3.8) is 0 Å². The molecule has 1 aromatic carbocycles. The quantitative estimate of drug-likeness (QED) is 0.792. The number of hydrogen-bond donors (Lipinski definition) is 1. The highest BCUT2D eigenvalue weighted by molar-refractivity contribution is 6.34. The Labute approximate surface area is 138 Å². The lowest BCUT2D eigenvalue weighted by Gasteiger charge is -2.12. The summed E-state index contributed by atoms with van der Waals surface area (Å²) in [6, 6.07) is 8.03. The molecule has 22 heavy (non-hydrogen) atoms. The number of halogens is 2. The first-order valence-corrected chi connectivity index (χ1v) is 7.14. The van der Waals surface area contributed by atoms with Gasteiger partial charge in [-0.15, -0.1) is 0 Å². The van der Waals surface area contributed by atoms with Gasteiger partial charge in [-0.2, -0.15) is 0 Å². The Hall–Kier alpha value is -2.04. The zero-order valence-electron chi connectivity index (χ0n) is 11.9. The Morgan fingerprint density at radius 1 is 1.18 bits per heavy atom. The third-order valence-corrected chi connectivity index (χ3v) is 3.24. The van der Waals surface area contributed by atoms with Crippen LogP contribution in [0.25, 0.3) is 5.57 Å². The molecule has 0 aliphatic rings. The van der Waals surface area contributed by atoms with Crippen molar-refractivity contribution >= 4 is 34.7 Å². The summed E-state index contributed by atoms with van der Waals surface area (Å²) >= 11 is 11.9. The first-order valence-electron chi connectivity index (χ1n) is 6.38. The van der Waals surface area contributed by atoms with Gasteiger partial charge in [-0.1, -0.05) is 28.8 Å². The maximum atomic E-state index is 11.5. The van der Waals surface area contributed by atoms with Gasteiger partial charge in [-0.05, 0) is 44.2 Å². The lowest BCUT2D eigenvalue weighted by molar-refractivity contribution is -0.130. The van der Waals surface area contributed by atoms with Gasteiger partial charge in [0, 0.05) is 16.2 Å². The predicted molar refractivity (Wildman–Crippen MR) is 86.7 cm³/mol. The number of hydrogen-bond acceptors (Lipinski definition) is 3. The molecule has 1 aromatic heterocycles. The van der Waals surface area contributed by atoms with E-state index >= 15 is 0 Å². The van der Waals surface area contributed by atoms with Crippen LogP contribution in [-0.2, 0) is 4.79 Å². The second kappa shape index (κ2) is 6.81. The molecule has 0 fully saturated rings. The molecule has 2 aromatic rings. The van der Waals surface area contributed by atoms with Crippen LogP contribution in [-0.4, -0.2) is 16.1 Å². The van der Waals surface area contributed by atoms with Crippen molar-refractivity contribution in [3.8, 4) is 11.6 Å². The minimum absolute atomic E-state index is 0.149. The number of allylic oxidation sites excluding steroid dienone is 1. The number of aliphatic carboxylic acids is 1. The summed E-state index contributed by atoms with van der Waals surface area (Å²) in [6.45, 7) is 3.44. The molecule has 0 unspecified atom stereocenters. The van der Waals surface area contributed by atoms with Crippen LogP contribution in [0.1, 0.15) is 19.4 Å². The monoisotopic (exact) mass is 337 g/mol. The van der Waals surface area contributed by atoms with E-state index in [9.17, 15) is 9.90 Å². The van der Waals surface area contributed by atoms with Crippen LogP contribution in [0.5, 0.6) is 11.6 Å². The fourth-order valence-corrected chi connectivity index (χ4v) is 2.47. The second-order valence-corrected chi connectivity index (χ2v) is 5.62. The number of nitrogens with zero attached hydrogens (tertiary/aromatic N) is 1. The Morgan fingerprint density at radius 2 is 1.82 bits per heavy atom. The lowest BCUT2D eigenvalue weighted by atomic mass is 10.0. The summed E-state index contributed by atoms with van der Waals surface area (Å²) in [6.07, 6.45) is 1.52. The van der Waals surface area contributed by atoms with E-state index < -0.39 is 5.97 Å². The summed E-state index contributed by atoms with van der Waals surface area (Å²) < 4.78 is 5.67. The van der Waals surface area contributed by atoms with Crippen molar-refractivity contribution in [3.05, 3.63) is 57.7 Å². The van der Waals surface area contributed by atoms with E-state index in [1.54, 1.807) is 44.2 Å². The predicted octanol–water partition coefficient (Wildman–Crippen LogP) is 5.06. The molecule has 0 amide bonds. The van der Waals surface area contributed by atoms with Crippen molar-refractivity contribution in [2.24, 2.45) is 0 Å². The van der Waals surface area contributed by atoms with Crippen molar-refractivity contribution < 1.29 is 14.6 Å². The van der Waals surface area contributed by atoms with Gasteiger partial charge in [0.05, 0.1) is 11.1 Å². The Kier molecular flexibility index (Phi) is 5.06. The van der Waals surface area contributed by atoms with Gasteiger partial charge in [-0.25, -0.2) is 9.78 Å². The van der Waals surface area contributed by atoms with Crippen LogP contribution in [0.4, 0.5) is 0 Å². The van der Waals surface area contributed by atoms with E-state index in [2.05, 4.69) is 4.98 Å². The second-order valence-electron chi connectivity index (χ2n) is 4.74. The standard InChI is InChI=1S/C16H13Cl2NO3/c1-9(2)14(16(20)21)13-4-3-5-19-15(13)22-12-7-10(17)6-11(18)8-12/h3-8H,1-2H3,(H,20,21). The van der Waals surface area contributed by atoms with E-state index in [0.29, 0.717) is 26.9 Å². The topological polar surface area (TPSA) is 59.4 Å². The number of rotatable bonds is 4. The van der Waals surface area contributed by atoms with E-state index in [4.69, 9.17) is 27.9 Å². The molecule has 4 nitrogen and oxygen atoms in total. The summed E-state index contributed by atoms with van der Waals surface area (Å²) in [7, 11) is 0. The molecule has 0 radical (unpaired) electrons. The van der Waals surface area contributed by atoms with Crippen LogP contribution in [0, 0.1) is 0 Å². The van der Waals surface area contributed by atoms with Gasteiger partial charge < -0.3 is 9.84 Å². The maximum absolute atomic E-state index is 11.5. The number of benzene rings is 1. The van der Waals surface area contributed by atoms with Gasteiger partial charge in [0.25, 0.3) is 0 Å². The molecule has 6 heteroatoms. The molecular weight excluding hydrogens is 325 g/mol. The fraction of sp³-hybridized carbons (Fsp3) is 0.125. The molecular formula is C16H13Cl2NO3. The highest BCUT2D eigenvalue weighted by Gasteiger charge is 2.18. The molecule has 0 saturated carbocycles. The van der Waals surface area contributed by atoms with Gasteiger partial charge in [0.1, 0.15) is 5.75 Å². The minimum atomic E-state index is -1.04. The molecule has 0 aliphatic heterocycles. The molecule has 0 atom stereocenters. The average Bonchev–Trinajstić information content (AvgIpc) is 2.38. The van der Waals surface area contributed by atoms with E-state index in [-0.39, 0.29) is 11.5 Å². The molecule has 0 bridgehead atoms. The van der Waals surface area contributed by atoms with Crippen molar-refractivity contribution in [1.82, 2.24) is 4.98 Å². The molecule has 0 saturated heterocycles. The molecule has 1 N–H and O–H groups in total. The number of carboxylic acids is 1. The average molecular weight is 338 g/mol. The molecule has 0 aliphatic carbocycles. The number of carboxylic acid groups (broad SMARTS) is 1. The highest BCUT2D eigenvalue weighted by atomic mass is 35.5. The van der Waals surface area contributed by atoms with Gasteiger partial charge in [-0.3, -0.25) is 0 Å². The van der Waals surface area contributed by atoms with Crippen molar-refractivity contribution in [2.45, 2.75) is 13.8 Å². The summed E-state index contributed by atoms with van der Waals surface area (Å²) in [5.41, 5.74) is 1.19. The van der Waals surface area contributed by atoms with Crippen LogP contribution in [0.3, 0.4) is 0 Å². The largest absolute Gasteiger partial charge is 0.478 e. The van der Waals surface area contributed by atoms with E-state index in [1.807, 2.05) is 0 Å². The zero-order chi connectivity index (χ0) is 16.3. The summed E-state index contributed by atoms with van der Waals surface area (Å²) in [5.74, 6) is -0.475. The normalized spacial score (nSPS) is 10.2. The number of ether oxygens (including phenoxy) is 1. The first kappa shape index (κ1) is 16.3. The number of pyridine rings is 1. The Bertz CT molecular complexity index is 733. The SMILES string of the molecule is CC(C)=C(C(=O)O)c1cccnc1Oc1cc(Cl)cc(Cl)c1. The van der Waals surface area contributed by atoms with Crippen molar-refractivity contribution in [1.29, 1.82) is 0 Å². The third kappa shape index (κ3) is 3.78. The van der Waals surface area contributed by atoms with Gasteiger partial charge in [0.2, 0.25) is 5.88 Å². The zero-order valence-corrected chi connectivity index (χ0v) is 13.4. The highest BCUT2D eigenvalue weighted by Crippen LogP contribution is 2.32. The van der Waals surface area contributed by atoms with Gasteiger partial charge >= 0.3 is 5.97 Å². The summed E-state index contributed by atoms with van der Waals surface area (Å²) in [5, 5.41) is 10.2. The van der Waals surface area contributed by atoms with E-state index in [0.717, 1.165) is 0 Å². The minimum Gasteiger partial charge on any atom is -0.478 e. The summed E-state index contributed by atoms with van der Waals surface area (Å²) in [4.78, 5) is 15.6. The molecule has 0 spiro atoms. The first-order chi connectivity index (χ1) is 10.4. The van der Waals surface area contributed by atoms with Gasteiger partial charge in [0.15, 0.2) is 0 Å². The Morgan fingerprint density at radius 3 is 2.36 bits per heavy atom. The smallest absolute Gasteiger partial charge is 0.336 e. The van der Waals surface area contributed by atoms with Crippen LogP contribution in [0.15, 0.2) is 42.1 Å². The molecule has 1 heterocycles. The maximum Gasteiger partial charge on any atom is 0.336 e. The number of carbonyl (C=O) groups is 1.